The third kappa shape index (κ3) is 4.11. The number of hydrogen-bond acceptors (Lipinski definition) is 5. The lowest BCUT2D eigenvalue weighted by Gasteiger charge is -2.38. The fraction of sp³-hybridized carbons (Fsp3) is 0.333. The van der Waals surface area contributed by atoms with Gasteiger partial charge in [-0.1, -0.05) is 35.3 Å². The van der Waals surface area contributed by atoms with E-state index in [2.05, 4.69) is 0 Å². The molecule has 0 saturated carbocycles. The maximum absolute atomic E-state index is 13.6. The lowest BCUT2D eigenvalue weighted by molar-refractivity contribution is -0.123. The average molecular weight is 484 g/mol. The molecule has 5 rings (SSSR count). The molecular weight excluding hydrogens is 461 g/mol. The number of carbonyl (C=O) groups excluding carboxylic acids is 2. The Labute approximate surface area is 201 Å². The quantitative estimate of drug-likeness (QED) is 0.544. The van der Waals surface area contributed by atoms with Crippen molar-refractivity contribution in [3.63, 3.8) is 0 Å². The largest absolute Gasteiger partial charge is 0.355 e. The van der Waals surface area contributed by atoms with Crippen molar-refractivity contribution in [2.75, 3.05) is 43.0 Å². The average Bonchev–Trinajstić information content (AvgIpc) is 2.84. The normalized spacial score (nSPS) is 18.4. The molecule has 9 heteroatoms. The SMILES string of the molecule is CN1CCN(C(=O)[C@H]2CCCN(C(=O)c3ccc(Cl)c(Cl)c3)C2)c2nc3ccccc3nc21. The van der Waals surface area contributed by atoms with Gasteiger partial charge >= 0.3 is 0 Å². The molecule has 0 radical (unpaired) electrons. The number of likely N-dealkylation sites (N-methyl/N-ethyl adjacent to an activating group) is 1. The van der Waals surface area contributed by atoms with E-state index in [0.29, 0.717) is 53.4 Å². The number of fused-ring (bicyclic) bond motifs is 2. The van der Waals surface area contributed by atoms with Gasteiger partial charge in [-0.3, -0.25) is 14.5 Å². The summed E-state index contributed by atoms with van der Waals surface area (Å²) in [4.78, 5) is 41.7. The van der Waals surface area contributed by atoms with Gasteiger partial charge in [0.1, 0.15) is 0 Å². The van der Waals surface area contributed by atoms with Crippen LogP contribution in [0.5, 0.6) is 0 Å². The van der Waals surface area contributed by atoms with Gasteiger partial charge in [0, 0.05) is 38.8 Å². The van der Waals surface area contributed by atoms with Crippen LogP contribution in [0.15, 0.2) is 42.5 Å². The number of anilines is 2. The van der Waals surface area contributed by atoms with Crippen LogP contribution in [0.2, 0.25) is 10.0 Å². The van der Waals surface area contributed by atoms with Crippen LogP contribution >= 0.6 is 23.2 Å². The Bertz CT molecular complexity index is 1250. The molecule has 2 aliphatic rings. The number of benzene rings is 2. The summed E-state index contributed by atoms with van der Waals surface area (Å²) in [6.07, 6.45) is 1.49. The third-order valence-corrected chi connectivity index (χ3v) is 7.04. The molecule has 2 amide bonds. The Morgan fingerprint density at radius 3 is 2.39 bits per heavy atom. The molecule has 2 aromatic carbocycles. The van der Waals surface area contributed by atoms with E-state index in [-0.39, 0.29) is 17.7 Å². The first kappa shape index (κ1) is 21.9. The minimum Gasteiger partial charge on any atom is -0.355 e. The van der Waals surface area contributed by atoms with Gasteiger partial charge in [-0.05, 0) is 43.2 Å². The summed E-state index contributed by atoms with van der Waals surface area (Å²) in [5, 5.41) is 0.745. The van der Waals surface area contributed by atoms with Gasteiger partial charge < -0.3 is 9.80 Å². The van der Waals surface area contributed by atoms with Crippen LogP contribution in [0, 0.1) is 5.92 Å². The predicted molar refractivity (Wildman–Crippen MR) is 130 cm³/mol. The van der Waals surface area contributed by atoms with Crippen LogP contribution in [0.3, 0.4) is 0 Å². The molecule has 3 heterocycles. The summed E-state index contributed by atoms with van der Waals surface area (Å²) in [6, 6.07) is 12.5. The van der Waals surface area contributed by atoms with E-state index in [0.717, 1.165) is 23.9 Å². The molecule has 2 aliphatic heterocycles. The number of hydrogen-bond donors (Lipinski definition) is 0. The van der Waals surface area contributed by atoms with Crippen LogP contribution < -0.4 is 9.80 Å². The zero-order valence-corrected chi connectivity index (χ0v) is 19.7. The fourth-order valence-corrected chi connectivity index (χ4v) is 4.79. The highest BCUT2D eigenvalue weighted by atomic mass is 35.5. The fourth-order valence-electron chi connectivity index (χ4n) is 4.49. The van der Waals surface area contributed by atoms with Crippen molar-refractivity contribution >= 4 is 57.7 Å². The number of rotatable bonds is 2. The Hall–Kier alpha value is -2.90. The van der Waals surface area contributed by atoms with Gasteiger partial charge in [0.15, 0.2) is 11.6 Å². The van der Waals surface area contributed by atoms with E-state index >= 15 is 0 Å². The van der Waals surface area contributed by atoms with Gasteiger partial charge in [-0.15, -0.1) is 0 Å². The number of para-hydroxylation sites is 2. The van der Waals surface area contributed by atoms with Crippen LogP contribution in [0.4, 0.5) is 11.6 Å². The van der Waals surface area contributed by atoms with Gasteiger partial charge in [0.25, 0.3) is 5.91 Å². The predicted octanol–water partition coefficient (Wildman–Crippen LogP) is 4.27. The smallest absolute Gasteiger partial charge is 0.253 e. The summed E-state index contributed by atoms with van der Waals surface area (Å²) >= 11 is 12.1. The van der Waals surface area contributed by atoms with E-state index < -0.39 is 0 Å². The molecule has 0 unspecified atom stereocenters. The molecule has 1 fully saturated rings. The number of halogens is 2. The number of amides is 2. The summed E-state index contributed by atoms with van der Waals surface area (Å²) in [5.41, 5.74) is 2.03. The third-order valence-electron chi connectivity index (χ3n) is 6.30. The minimum absolute atomic E-state index is 0.0134. The maximum Gasteiger partial charge on any atom is 0.253 e. The number of aromatic nitrogens is 2. The highest BCUT2D eigenvalue weighted by Gasteiger charge is 2.36. The number of carbonyl (C=O) groups is 2. The van der Waals surface area contributed by atoms with E-state index in [9.17, 15) is 9.59 Å². The molecule has 1 atom stereocenters. The highest BCUT2D eigenvalue weighted by Crippen LogP contribution is 2.33. The number of likely N-dealkylation sites (tertiary alicyclic amines) is 1. The van der Waals surface area contributed by atoms with Crippen LogP contribution in [0.1, 0.15) is 23.2 Å². The first-order valence-corrected chi connectivity index (χ1v) is 11.7. The summed E-state index contributed by atoms with van der Waals surface area (Å²) in [7, 11) is 1.96. The molecule has 0 bridgehead atoms. The highest BCUT2D eigenvalue weighted by molar-refractivity contribution is 6.42. The zero-order valence-electron chi connectivity index (χ0n) is 18.2. The van der Waals surface area contributed by atoms with Gasteiger partial charge in [-0.2, -0.15) is 0 Å². The van der Waals surface area contributed by atoms with Crippen molar-refractivity contribution in [3.8, 4) is 0 Å². The molecule has 3 aromatic rings. The molecule has 0 spiro atoms. The minimum atomic E-state index is -0.296. The molecule has 1 aromatic heterocycles. The Balaban J connectivity index is 1.39. The van der Waals surface area contributed by atoms with E-state index in [1.165, 1.54) is 0 Å². The number of nitrogens with zero attached hydrogens (tertiary/aromatic N) is 5. The second-order valence-corrected chi connectivity index (χ2v) is 9.30. The van der Waals surface area contributed by atoms with Crippen molar-refractivity contribution in [2.45, 2.75) is 12.8 Å². The van der Waals surface area contributed by atoms with Crippen LogP contribution in [-0.2, 0) is 4.79 Å². The molecular formula is C24H23Cl2N5O2. The van der Waals surface area contributed by atoms with Gasteiger partial charge in [0.05, 0.1) is 27.0 Å². The lowest BCUT2D eigenvalue weighted by Crippen LogP contribution is -2.50. The van der Waals surface area contributed by atoms with Crippen LogP contribution in [0.25, 0.3) is 11.0 Å². The van der Waals surface area contributed by atoms with Crippen LogP contribution in [-0.4, -0.2) is 59.9 Å². The molecule has 1 saturated heterocycles. The lowest BCUT2D eigenvalue weighted by atomic mass is 9.95. The first-order valence-electron chi connectivity index (χ1n) is 11.0. The van der Waals surface area contributed by atoms with Crippen molar-refractivity contribution in [3.05, 3.63) is 58.1 Å². The van der Waals surface area contributed by atoms with E-state index in [4.69, 9.17) is 33.2 Å². The Morgan fingerprint density at radius 1 is 0.939 bits per heavy atom. The van der Waals surface area contributed by atoms with E-state index in [1.807, 2.05) is 36.2 Å². The van der Waals surface area contributed by atoms with Crippen molar-refractivity contribution in [1.29, 1.82) is 0 Å². The van der Waals surface area contributed by atoms with Crippen molar-refractivity contribution in [2.24, 2.45) is 5.92 Å². The molecule has 7 nitrogen and oxygen atoms in total. The van der Waals surface area contributed by atoms with Gasteiger partial charge in [0.2, 0.25) is 5.91 Å². The summed E-state index contributed by atoms with van der Waals surface area (Å²) < 4.78 is 0. The summed E-state index contributed by atoms with van der Waals surface area (Å²) in [5.74, 6) is 0.833. The standard InChI is InChI=1S/C24H23Cl2N5O2/c1-29-11-12-31(22-21(29)27-19-6-2-3-7-20(19)28-22)24(33)16-5-4-10-30(14-16)23(32)15-8-9-17(25)18(26)13-15/h2-3,6-9,13,16H,4-5,10-12,14H2,1H3/t16-/m0/s1. The second-order valence-electron chi connectivity index (χ2n) is 8.49. The maximum atomic E-state index is 13.6. The molecule has 33 heavy (non-hydrogen) atoms. The van der Waals surface area contributed by atoms with E-state index in [1.54, 1.807) is 28.0 Å². The van der Waals surface area contributed by atoms with Crippen molar-refractivity contribution < 1.29 is 9.59 Å². The topological polar surface area (TPSA) is 69.6 Å². The second kappa shape index (κ2) is 8.80. The number of piperidine rings is 1. The monoisotopic (exact) mass is 483 g/mol. The molecule has 170 valence electrons. The Morgan fingerprint density at radius 2 is 1.67 bits per heavy atom. The van der Waals surface area contributed by atoms with Crippen molar-refractivity contribution in [1.82, 2.24) is 14.9 Å². The van der Waals surface area contributed by atoms with Gasteiger partial charge in [-0.25, -0.2) is 9.97 Å². The molecule has 0 aliphatic carbocycles. The first-order chi connectivity index (χ1) is 15.9. The molecule has 0 N–H and O–H groups in total. The zero-order chi connectivity index (χ0) is 23.1. The Kier molecular flexibility index (Phi) is 5.85. The summed E-state index contributed by atoms with van der Waals surface area (Å²) in [6.45, 7) is 2.17.